The van der Waals surface area contributed by atoms with Crippen LogP contribution >= 0.6 is 0 Å². The lowest BCUT2D eigenvalue weighted by atomic mass is 10.1. The van der Waals surface area contributed by atoms with Crippen LogP contribution in [0.5, 0.6) is 0 Å². The average Bonchev–Trinajstić information content (AvgIpc) is 3.21. The summed E-state index contributed by atoms with van der Waals surface area (Å²) in [5.41, 5.74) is 2.49. The molecule has 3 rings (SSSR count). The Morgan fingerprint density at radius 1 is 1.19 bits per heavy atom. The van der Waals surface area contributed by atoms with E-state index in [4.69, 9.17) is 0 Å². The molecule has 1 aromatic carbocycles. The second kappa shape index (κ2) is 8.66. The van der Waals surface area contributed by atoms with Gasteiger partial charge in [-0.1, -0.05) is 23.8 Å². The van der Waals surface area contributed by atoms with Crippen LogP contribution in [0, 0.1) is 6.92 Å². The maximum Gasteiger partial charge on any atom is 0.251 e. The van der Waals surface area contributed by atoms with Gasteiger partial charge in [-0.25, -0.2) is 4.98 Å². The van der Waals surface area contributed by atoms with E-state index in [1.165, 1.54) is 12.8 Å². The number of benzene rings is 1. The molecule has 1 aliphatic rings. The molecule has 142 valence electrons. The molecule has 2 N–H and O–H groups in total. The number of amides is 2. The molecule has 1 atom stereocenters. The maximum atomic E-state index is 12.3. The Labute approximate surface area is 160 Å². The predicted octanol–water partition coefficient (Wildman–Crippen LogP) is 2.42. The SMILES string of the molecule is Cc1cccc(C(=O)NC(C)C(=O)NCc2ccc(N3CCCC3)nc2)c1. The van der Waals surface area contributed by atoms with Crippen molar-refractivity contribution in [2.45, 2.75) is 39.3 Å². The Hall–Kier alpha value is -2.89. The van der Waals surface area contributed by atoms with Gasteiger partial charge in [-0.15, -0.1) is 0 Å². The molecule has 1 aromatic heterocycles. The third kappa shape index (κ3) is 5.06. The molecule has 6 nitrogen and oxygen atoms in total. The fraction of sp³-hybridized carbons (Fsp3) is 0.381. The Morgan fingerprint density at radius 2 is 1.96 bits per heavy atom. The minimum atomic E-state index is -0.616. The molecular formula is C21H26N4O2. The second-order valence-electron chi connectivity index (χ2n) is 7.00. The van der Waals surface area contributed by atoms with Gasteiger partial charge < -0.3 is 15.5 Å². The van der Waals surface area contributed by atoms with Gasteiger partial charge in [0.05, 0.1) is 0 Å². The molecule has 2 aromatic rings. The lowest BCUT2D eigenvalue weighted by Crippen LogP contribution is -2.44. The van der Waals surface area contributed by atoms with Gasteiger partial charge in [0, 0.05) is 31.4 Å². The molecule has 1 fully saturated rings. The molecule has 27 heavy (non-hydrogen) atoms. The van der Waals surface area contributed by atoms with Crippen molar-refractivity contribution in [1.82, 2.24) is 15.6 Å². The number of hydrogen-bond donors (Lipinski definition) is 2. The van der Waals surface area contributed by atoms with E-state index in [1.54, 1.807) is 25.3 Å². The number of carbonyl (C=O) groups is 2. The normalized spacial score (nSPS) is 14.7. The minimum Gasteiger partial charge on any atom is -0.357 e. The van der Waals surface area contributed by atoms with Crippen LogP contribution in [0.3, 0.4) is 0 Å². The summed E-state index contributed by atoms with van der Waals surface area (Å²) in [5, 5.41) is 5.58. The number of aryl methyl sites for hydroxylation is 1. The molecule has 1 unspecified atom stereocenters. The van der Waals surface area contributed by atoms with Crippen LogP contribution in [0.15, 0.2) is 42.6 Å². The smallest absolute Gasteiger partial charge is 0.251 e. The van der Waals surface area contributed by atoms with Gasteiger partial charge in [-0.2, -0.15) is 0 Å². The number of rotatable bonds is 6. The maximum absolute atomic E-state index is 12.3. The van der Waals surface area contributed by atoms with Crippen molar-refractivity contribution in [2.75, 3.05) is 18.0 Å². The molecule has 0 radical (unpaired) electrons. The van der Waals surface area contributed by atoms with E-state index >= 15 is 0 Å². The van der Waals surface area contributed by atoms with E-state index in [0.29, 0.717) is 12.1 Å². The first-order valence-electron chi connectivity index (χ1n) is 9.38. The van der Waals surface area contributed by atoms with E-state index in [-0.39, 0.29) is 11.8 Å². The fourth-order valence-corrected chi connectivity index (χ4v) is 3.13. The quantitative estimate of drug-likeness (QED) is 0.823. The third-order valence-corrected chi connectivity index (χ3v) is 4.73. The van der Waals surface area contributed by atoms with Crippen molar-refractivity contribution in [3.05, 3.63) is 59.3 Å². The van der Waals surface area contributed by atoms with Gasteiger partial charge in [0.15, 0.2) is 0 Å². The summed E-state index contributed by atoms with van der Waals surface area (Å²) in [5.74, 6) is 0.513. The Morgan fingerprint density at radius 3 is 2.63 bits per heavy atom. The van der Waals surface area contributed by atoms with Crippen molar-refractivity contribution >= 4 is 17.6 Å². The molecule has 1 aliphatic heterocycles. The van der Waals surface area contributed by atoms with Crippen LogP contribution in [0.25, 0.3) is 0 Å². The molecule has 0 aliphatic carbocycles. The van der Waals surface area contributed by atoms with Gasteiger partial charge in [0.1, 0.15) is 11.9 Å². The van der Waals surface area contributed by atoms with Crippen molar-refractivity contribution in [2.24, 2.45) is 0 Å². The van der Waals surface area contributed by atoms with Crippen LogP contribution in [0.2, 0.25) is 0 Å². The topological polar surface area (TPSA) is 74.3 Å². The highest BCUT2D eigenvalue weighted by atomic mass is 16.2. The summed E-state index contributed by atoms with van der Waals surface area (Å²) in [6.45, 7) is 6.10. The van der Waals surface area contributed by atoms with Gasteiger partial charge in [0.2, 0.25) is 5.91 Å². The molecular weight excluding hydrogens is 340 g/mol. The van der Waals surface area contributed by atoms with E-state index in [1.807, 2.05) is 31.2 Å². The first-order chi connectivity index (χ1) is 13.0. The Balaban J connectivity index is 1.48. The predicted molar refractivity (Wildman–Crippen MR) is 106 cm³/mol. The standard InChI is InChI=1S/C21H26N4O2/c1-15-6-5-7-18(12-15)21(27)24-16(2)20(26)23-14-17-8-9-19(22-13-17)25-10-3-4-11-25/h5-9,12-13,16H,3-4,10-11,14H2,1-2H3,(H,23,26)(H,24,27). The molecule has 2 amide bonds. The second-order valence-corrected chi connectivity index (χ2v) is 7.00. The molecule has 0 spiro atoms. The molecule has 2 heterocycles. The largest absolute Gasteiger partial charge is 0.357 e. The van der Waals surface area contributed by atoms with E-state index in [9.17, 15) is 9.59 Å². The van der Waals surface area contributed by atoms with Gasteiger partial charge >= 0.3 is 0 Å². The number of anilines is 1. The van der Waals surface area contributed by atoms with E-state index in [0.717, 1.165) is 30.0 Å². The van der Waals surface area contributed by atoms with Crippen molar-refractivity contribution in [3.8, 4) is 0 Å². The number of hydrogen-bond acceptors (Lipinski definition) is 4. The highest BCUT2D eigenvalue weighted by molar-refractivity contribution is 5.97. The van der Waals surface area contributed by atoms with Crippen LogP contribution in [-0.2, 0) is 11.3 Å². The summed E-state index contributed by atoms with van der Waals surface area (Å²) >= 11 is 0. The summed E-state index contributed by atoms with van der Waals surface area (Å²) < 4.78 is 0. The number of pyridine rings is 1. The summed E-state index contributed by atoms with van der Waals surface area (Å²) in [7, 11) is 0. The van der Waals surface area contributed by atoms with Crippen LogP contribution < -0.4 is 15.5 Å². The van der Waals surface area contributed by atoms with Crippen molar-refractivity contribution in [1.29, 1.82) is 0 Å². The number of carbonyl (C=O) groups excluding carboxylic acids is 2. The average molecular weight is 366 g/mol. The number of nitrogens with zero attached hydrogens (tertiary/aromatic N) is 2. The highest BCUT2D eigenvalue weighted by Crippen LogP contribution is 2.17. The zero-order valence-corrected chi connectivity index (χ0v) is 15.9. The van der Waals surface area contributed by atoms with Crippen LogP contribution in [0.4, 0.5) is 5.82 Å². The van der Waals surface area contributed by atoms with Gasteiger partial charge in [-0.3, -0.25) is 9.59 Å². The van der Waals surface area contributed by atoms with E-state index in [2.05, 4.69) is 20.5 Å². The Kier molecular flexibility index (Phi) is 6.06. The summed E-state index contributed by atoms with van der Waals surface area (Å²) in [6.07, 6.45) is 4.22. The number of nitrogens with one attached hydrogen (secondary N) is 2. The zero-order valence-electron chi connectivity index (χ0n) is 15.9. The number of aromatic nitrogens is 1. The van der Waals surface area contributed by atoms with Crippen LogP contribution in [-0.4, -0.2) is 35.9 Å². The molecule has 1 saturated heterocycles. The first kappa shape index (κ1) is 18.9. The van der Waals surface area contributed by atoms with Gasteiger partial charge in [-0.05, 0) is 50.5 Å². The molecule has 0 saturated carbocycles. The summed E-state index contributed by atoms with van der Waals surface area (Å²) in [6, 6.07) is 10.7. The van der Waals surface area contributed by atoms with Crippen LogP contribution in [0.1, 0.15) is 41.3 Å². The van der Waals surface area contributed by atoms with Gasteiger partial charge in [0.25, 0.3) is 5.91 Å². The minimum absolute atomic E-state index is 0.223. The third-order valence-electron chi connectivity index (χ3n) is 4.73. The van der Waals surface area contributed by atoms with E-state index < -0.39 is 6.04 Å². The van der Waals surface area contributed by atoms with Crippen molar-refractivity contribution in [3.63, 3.8) is 0 Å². The fourth-order valence-electron chi connectivity index (χ4n) is 3.13. The lowest BCUT2D eigenvalue weighted by Gasteiger charge is -2.17. The van der Waals surface area contributed by atoms with Crippen molar-refractivity contribution < 1.29 is 9.59 Å². The highest BCUT2D eigenvalue weighted by Gasteiger charge is 2.17. The molecule has 6 heteroatoms. The zero-order chi connectivity index (χ0) is 19.2. The summed E-state index contributed by atoms with van der Waals surface area (Å²) in [4.78, 5) is 31.3. The Bertz CT molecular complexity index is 798. The lowest BCUT2D eigenvalue weighted by molar-refractivity contribution is -0.122. The first-order valence-corrected chi connectivity index (χ1v) is 9.38. The monoisotopic (exact) mass is 366 g/mol. The molecule has 0 bridgehead atoms.